The van der Waals surface area contributed by atoms with Gasteiger partial charge in [0.1, 0.15) is 0 Å². The van der Waals surface area contributed by atoms with Gasteiger partial charge in [0.25, 0.3) is 0 Å². The van der Waals surface area contributed by atoms with Crippen molar-refractivity contribution in [2.24, 2.45) is 0 Å². The number of amides is 1. The molecule has 1 aliphatic heterocycles. The summed E-state index contributed by atoms with van der Waals surface area (Å²) in [6.45, 7) is 0. The predicted molar refractivity (Wildman–Crippen MR) is 79.7 cm³/mol. The number of para-hydroxylation sites is 1. The first-order chi connectivity index (χ1) is 9.22. The number of rotatable bonds is 1. The van der Waals surface area contributed by atoms with Crippen LogP contribution in [0.1, 0.15) is 17.2 Å². The van der Waals surface area contributed by atoms with Gasteiger partial charge in [-0.2, -0.15) is 0 Å². The lowest BCUT2D eigenvalue weighted by Gasteiger charge is -2.13. The molecule has 0 radical (unpaired) electrons. The van der Waals surface area contributed by atoms with E-state index in [1.165, 1.54) is 0 Å². The molecule has 0 saturated heterocycles. The third-order valence-corrected chi connectivity index (χ3v) is 4.63. The van der Waals surface area contributed by atoms with Crippen molar-refractivity contribution >= 4 is 35.0 Å². The van der Waals surface area contributed by atoms with Gasteiger partial charge in [0, 0.05) is 21.6 Å². The summed E-state index contributed by atoms with van der Waals surface area (Å²) in [4.78, 5) is 13.1. The molecule has 2 nitrogen and oxygen atoms in total. The van der Waals surface area contributed by atoms with Crippen LogP contribution < -0.4 is 5.32 Å². The summed E-state index contributed by atoms with van der Waals surface area (Å²) in [6.07, 6.45) is 0.473. The Labute approximate surface area is 121 Å². The largest absolute Gasteiger partial charge is 0.325 e. The van der Waals surface area contributed by atoms with Crippen molar-refractivity contribution in [2.75, 3.05) is 5.32 Å². The minimum atomic E-state index is 0.0531. The van der Waals surface area contributed by atoms with E-state index >= 15 is 0 Å². The van der Waals surface area contributed by atoms with Gasteiger partial charge in [0.05, 0.1) is 5.69 Å². The molecule has 1 atom stereocenters. The van der Waals surface area contributed by atoms with Crippen molar-refractivity contribution in [2.45, 2.75) is 16.6 Å². The summed E-state index contributed by atoms with van der Waals surface area (Å²) in [6, 6.07) is 15.6. The zero-order valence-corrected chi connectivity index (χ0v) is 11.7. The molecule has 0 bridgehead atoms. The first-order valence-corrected chi connectivity index (χ1v) is 7.29. The molecule has 0 aliphatic carbocycles. The standard InChI is InChI=1S/C15H12ClNOS/c16-11-7-5-10(6-8-11)14-9-15(18)17-12-3-1-2-4-13(12)19-14/h1-8,14H,9H2,(H,17,18)/t14-/m1/s1. The van der Waals surface area contributed by atoms with Crippen molar-refractivity contribution < 1.29 is 4.79 Å². The molecule has 96 valence electrons. The molecule has 0 unspecified atom stereocenters. The number of halogens is 1. The van der Waals surface area contributed by atoms with Crippen LogP contribution in [0.3, 0.4) is 0 Å². The molecule has 1 aliphatic rings. The van der Waals surface area contributed by atoms with E-state index < -0.39 is 0 Å². The highest BCUT2D eigenvalue weighted by Crippen LogP contribution is 2.43. The number of carbonyl (C=O) groups excluding carboxylic acids is 1. The van der Waals surface area contributed by atoms with Gasteiger partial charge >= 0.3 is 0 Å². The second-order valence-corrected chi connectivity index (χ2v) is 6.09. The normalized spacial score (nSPS) is 18.4. The minimum Gasteiger partial charge on any atom is -0.325 e. The maximum absolute atomic E-state index is 11.9. The second-order valence-electron chi connectivity index (χ2n) is 4.41. The van der Waals surface area contributed by atoms with Crippen molar-refractivity contribution in [1.82, 2.24) is 0 Å². The third-order valence-electron chi connectivity index (χ3n) is 3.04. The van der Waals surface area contributed by atoms with Gasteiger partial charge in [-0.3, -0.25) is 4.79 Å². The summed E-state index contributed by atoms with van der Waals surface area (Å²) in [5.74, 6) is 0.0531. The fraction of sp³-hybridized carbons (Fsp3) is 0.133. The van der Waals surface area contributed by atoms with Gasteiger partial charge in [-0.15, -0.1) is 11.8 Å². The van der Waals surface area contributed by atoms with Crippen LogP contribution in [0.15, 0.2) is 53.4 Å². The number of thioether (sulfide) groups is 1. The Balaban J connectivity index is 1.95. The molecule has 4 heteroatoms. The lowest BCUT2D eigenvalue weighted by Crippen LogP contribution is -2.11. The van der Waals surface area contributed by atoms with Crippen molar-refractivity contribution in [3.63, 3.8) is 0 Å². The van der Waals surface area contributed by atoms with E-state index in [4.69, 9.17) is 11.6 Å². The van der Waals surface area contributed by atoms with Crippen LogP contribution in [0, 0.1) is 0 Å². The zero-order valence-electron chi connectivity index (χ0n) is 10.1. The average Bonchev–Trinajstić information content (AvgIpc) is 2.57. The Morgan fingerprint density at radius 3 is 2.63 bits per heavy atom. The molecule has 1 amide bonds. The van der Waals surface area contributed by atoms with Crippen LogP contribution in [0.5, 0.6) is 0 Å². The summed E-state index contributed by atoms with van der Waals surface area (Å²) in [7, 11) is 0. The molecular weight excluding hydrogens is 278 g/mol. The Hall–Kier alpha value is -1.45. The van der Waals surface area contributed by atoms with Gasteiger partial charge in [-0.1, -0.05) is 35.9 Å². The first-order valence-electron chi connectivity index (χ1n) is 6.03. The Bertz CT molecular complexity index is 612. The minimum absolute atomic E-state index is 0.0531. The van der Waals surface area contributed by atoms with Crippen LogP contribution in [0.25, 0.3) is 0 Å². The summed E-state index contributed by atoms with van der Waals surface area (Å²) >= 11 is 7.62. The number of benzene rings is 2. The SMILES string of the molecule is O=C1C[C@H](c2ccc(Cl)cc2)Sc2ccccc2N1. The molecular formula is C15H12ClNOS. The van der Waals surface area contributed by atoms with E-state index in [1.807, 2.05) is 48.5 Å². The van der Waals surface area contributed by atoms with Gasteiger partial charge in [-0.05, 0) is 29.8 Å². The maximum Gasteiger partial charge on any atom is 0.225 e. The lowest BCUT2D eigenvalue weighted by atomic mass is 10.1. The van der Waals surface area contributed by atoms with Crippen molar-refractivity contribution in [1.29, 1.82) is 0 Å². The molecule has 2 aromatic carbocycles. The maximum atomic E-state index is 11.9. The summed E-state index contributed by atoms with van der Waals surface area (Å²) in [5.41, 5.74) is 2.02. The monoisotopic (exact) mass is 289 g/mol. The second kappa shape index (κ2) is 5.27. The van der Waals surface area contributed by atoms with Crippen LogP contribution in [-0.2, 0) is 4.79 Å². The van der Waals surface area contributed by atoms with E-state index in [1.54, 1.807) is 11.8 Å². The molecule has 2 aromatic rings. The summed E-state index contributed by atoms with van der Waals surface area (Å²) in [5, 5.41) is 3.79. The number of hydrogen-bond acceptors (Lipinski definition) is 2. The third kappa shape index (κ3) is 2.77. The molecule has 0 spiro atoms. The van der Waals surface area contributed by atoms with Gasteiger partial charge in [-0.25, -0.2) is 0 Å². The van der Waals surface area contributed by atoms with Crippen LogP contribution in [0.4, 0.5) is 5.69 Å². The number of anilines is 1. The Kier molecular flexibility index (Phi) is 3.49. The molecule has 19 heavy (non-hydrogen) atoms. The van der Waals surface area contributed by atoms with E-state index in [-0.39, 0.29) is 11.2 Å². The van der Waals surface area contributed by atoms with E-state index in [2.05, 4.69) is 5.32 Å². The molecule has 1 N–H and O–H groups in total. The lowest BCUT2D eigenvalue weighted by molar-refractivity contribution is -0.116. The van der Waals surface area contributed by atoms with E-state index in [0.29, 0.717) is 11.4 Å². The average molecular weight is 290 g/mol. The van der Waals surface area contributed by atoms with Gasteiger partial charge in [0.2, 0.25) is 5.91 Å². The van der Waals surface area contributed by atoms with E-state index in [9.17, 15) is 4.79 Å². The number of fused-ring (bicyclic) bond motifs is 1. The van der Waals surface area contributed by atoms with Crippen LogP contribution in [-0.4, -0.2) is 5.91 Å². The van der Waals surface area contributed by atoms with E-state index in [0.717, 1.165) is 16.1 Å². The molecule has 1 heterocycles. The number of nitrogens with one attached hydrogen (secondary N) is 1. The Morgan fingerprint density at radius 1 is 1.11 bits per heavy atom. The quantitative estimate of drug-likeness (QED) is 0.836. The predicted octanol–water partition coefficient (Wildman–Crippen LogP) is 4.52. The number of hydrogen-bond donors (Lipinski definition) is 1. The highest BCUT2D eigenvalue weighted by Gasteiger charge is 2.23. The first kappa shape index (κ1) is 12.6. The van der Waals surface area contributed by atoms with Crippen LogP contribution in [0.2, 0.25) is 5.02 Å². The summed E-state index contributed by atoms with van der Waals surface area (Å²) < 4.78 is 0. The molecule has 3 rings (SSSR count). The van der Waals surface area contributed by atoms with Gasteiger partial charge < -0.3 is 5.32 Å². The molecule has 0 fully saturated rings. The number of carbonyl (C=O) groups is 1. The zero-order chi connectivity index (χ0) is 13.2. The highest BCUT2D eigenvalue weighted by molar-refractivity contribution is 7.99. The molecule has 0 saturated carbocycles. The fourth-order valence-electron chi connectivity index (χ4n) is 2.10. The van der Waals surface area contributed by atoms with Crippen molar-refractivity contribution in [3.8, 4) is 0 Å². The van der Waals surface area contributed by atoms with Gasteiger partial charge in [0.15, 0.2) is 0 Å². The van der Waals surface area contributed by atoms with Crippen LogP contribution >= 0.6 is 23.4 Å². The topological polar surface area (TPSA) is 29.1 Å². The Morgan fingerprint density at radius 2 is 1.84 bits per heavy atom. The highest BCUT2D eigenvalue weighted by atomic mass is 35.5. The molecule has 0 aromatic heterocycles. The fourth-order valence-corrected chi connectivity index (χ4v) is 3.46. The van der Waals surface area contributed by atoms with Crippen molar-refractivity contribution in [3.05, 3.63) is 59.1 Å². The smallest absolute Gasteiger partial charge is 0.225 e.